The third-order valence-electron chi connectivity index (χ3n) is 3.51. The number of methoxy groups -OCH3 is 1. The molecule has 0 atom stereocenters. The van der Waals surface area contributed by atoms with E-state index in [1.165, 1.54) is 13.2 Å². The molecular formula is C20H21NO6. The second-order valence-corrected chi connectivity index (χ2v) is 5.50. The van der Waals surface area contributed by atoms with E-state index in [1.807, 2.05) is 30.3 Å². The Morgan fingerprint density at radius 3 is 2.41 bits per heavy atom. The smallest absolute Gasteiger partial charge is 0.306 e. The van der Waals surface area contributed by atoms with E-state index in [9.17, 15) is 14.4 Å². The Bertz CT molecular complexity index is 775. The predicted octanol–water partition coefficient (Wildman–Crippen LogP) is 2.35. The van der Waals surface area contributed by atoms with Crippen LogP contribution in [0.1, 0.15) is 23.2 Å². The minimum absolute atomic E-state index is 0.112. The van der Waals surface area contributed by atoms with Gasteiger partial charge in [-0.05, 0) is 30.7 Å². The summed E-state index contributed by atoms with van der Waals surface area (Å²) in [6.45, 7) is -0.170. The number of hydrogen-bond acceptors (Lipinski definition) is 6. The minimum Gasteiger partial charge on any atom is -0.496 e. The van der Waals surface area contributed by atoms with Gasteiger partial charge in [-0.3, -0.25) is 19.7 Å². The summed E-state index contributed by atoms with van der Waals surface area (Å²) in [6, 6.07) is 15.7. The van der Waals surface area contributed by atoms with E-state index in [2.05, 4.69) is 5.32 Å². The van der Waals surface area contributed by atoms with Gasteiger partial charge >= 0.3 is 5.97 Å². The number of amides is 2. The van der Waals surface area contributed by atoms with Gasteiger partial charge in [0.15, 0.2) is 6.61 Å². The number of hydrogen-bond donors (Lipinski definition) is 1. The van der Waals surface area contributed by atoms with E-state index >= 15 is 0 Å². The van der Waals surface area contributed by atoms with Crippen LogP contribution in [-0.4, -0.2) is 38.1 Å². The van der Waals surface area contributed by atoms with Crippen molar-refractivity contribution in [3.63, 3.8) is 0 Å². The third kappa shape index (κ3) is 6.81. The van der Waals surface area contributed by atoms with E-state index in [0.29, 0.717) is 18.8 Å². The molecule has 0 saturated heterocycles. The Morgan fingerprint density at radius 2 is 1.67 bits per heavy atom. The van der Waals surface area contributed by atoms with Crippen molar-refractivity contribution in [2.75, 3.05) is 20.3 Å². The Balaban J connectivity index is 1.65. The maximum absolute atomic E-state index is 12.1. The van der Waals surface area contributed by atoms with E-state index in [0.717, 1.165) is 5.75 Å². The summed E-state index contributed by atoms with van der Waals surface area (Å²) in [7, 11) is 1.43. The molecular weight excluding hydrogens is 350 g/mol. The largest absolute Gasteiger partial charge is 0.496 e. The molecule has 0 bridgehead atoms. The molecule has 2 aromatic carbocycles. The molecule has 0 aliphatic heterocycles. The zero-order valence-corrected chi connectivity index (χ0v) is 15.0. The molecule has 7 nitrogen and oxygen atoms in total. The van der Waals surface area contributed by atoms with Gasteiger partial charge in [0, 0.05) is 6.42 Å². The zero-order chi connectivity index (χ0) is 19.5. The highest BCUT2D eigenvalue weighted by Gasteiger charge is 2.15. The molecule has 142 valence electrons. The van der Waals surface area contributed by atoms with Crippen molar-refractivity contribution in [2.45, 2.75) is 12.8 Å². The first-order valence-electron chi connectivity index (χ1n) is 8.41. The molecule has 27 heavy (non-hydrogen) atoms. The van der Waals surface area contributed by atoms with Crippen molar-refractivity contribution in [3.05, 3.63) is 60.2 Å². The van der Waals surface area contributed by atoms with E-state index in [4.69, 9.17) is 14.2 Å². The van der Waals surface area contributed by atoms with Crippen molar-refractivity contribution in [2.24, 2.45) is 0 Å². The molecule has 2 rings (SSSR count). The van der Waals surface area contributed by atoms with Crippen molar-refractivity contribution in [1.82, 2.24) is 5.32 Å². The first kappa shape index (κ1) is 20.0. The van der Waals surface area contributed by atoms with Gasteiger partial charge in [0.05, 0.1) is 19.3 Å². The molecule has 0 aromatic heterocycles. The number of benzene rings is 2. The quantitative estimate of drug-likeness (QED) is 0.537. The molecule has 7 heteroatoms. The monoisotopic (exact) mass is 371 g/mol. The molecule has 1 N–H and O–H groups in total. The molecule has 0 heterocycles. The highest BCUT2D eigenvalue weighted by molar-refractivity contribution is 6.06. The average molecular weight is 371 g/mol. The molecule has 0 unspecified atom stereocenters. The lowest BCUT2D eigenvalue weighted by Crippen LogP contribution is -2.34. The number of carbonyl (C=O) groups is 3. The zero-order valence-electron chi connectivity index (χ0n) is 15.0. The maximum atomic E-state index is 12.1. The molecule has 0 saturated carbocycles. The Morgan fingerprint density at radius 1 is 0.963 bits per heavy atom. The van der Waals surface area contributed by atoms with Gasteiger partial charge in [0.1, 0.15) is 11.5 Å². The fourth-order valence-corrected chi connectivity index (χ4v) is 2.20. The van der Waals surface area contributed by atoms with E-state index in [-0.39, 0.29) is 12.0 Å². The number of ether oxygens (including phenoxy) is 3. The fourth-order valence-electron chi connectivity index (χ4n) is 2.20. The Labute approximate surface area is 157 Å². The summed E-state index contributed by atoms with van der Waals surface area (Å²) in [4.78, 5) is 35.5. The molecule has 2 aromatic rings. The lowest BCUT2D eigenvalue weighted by molar-refractivity contribution is -0.148. The standard InChI is InChI=1S/C20H21NO6/c1-25-17-11-6-5-10-16(17)20(24)21-18(22)14-27-19(23)12-7-13-26-15-8-3-2-4-9-15/h2-6,8-11H,7,12-14H2,1H3,(H,21,22,24). The summed E-state index contributed by atoms with van der Waals surface area (Å²) in [5.74, 6) is -0.797. The van der Waals surface area contributed by atoms with Gasteiger partial charge in [-0.1, -0.05) is 30.3 Å². The number of nitrogens with one attached hydrogen (secondary N) is 1. The number of imide groups is 1. The van der Waals surface area contributed by atoms with Gasteiger partial charge in [-0.2, -0.15) is 0 Å². The number of esters is 1. The number of carbonyl (C=O) groups excluding carboxylic acids is 3. The van der Waals surface area contributed by atoms with E-state index < -0.39 is 24.4 Å². The van der Waals surface area contributed by atoms with Crippen LogP contribution in [0.3, 0.4) is 0 Å². The van der Waals surface area contributed by atoms with Crippen molar-refractivity contribution >= 4 is 17.8 Å². The number of rotatable bonds is 9. The van der Waals surface area contributed by atoms with Crippen LogP contribution in [-0.2, 0) is 14.3 Å². The minimum atomic E-state index is -0.709. The first-order valence-corrected chi connectivity index (χ1v) is 8.41. The van der Waals surface area contributed by atoms with Gasteiger partial charge in [0.2, 0.25) is 0 Å². The summed E-state index contributed by atoms with van der Waals surface area (Å²) in [5.41, 5.74) is 0.220. The van der Waals surface area contributed by atoms with Crippen LogP contribution in [0.15, 0.2) is 54.6 Å². The lowest BCUT2D eigenvalue weighted by Gasteiger charge is -2.09. The Kier molecular flexibility index (Phi) is 7.84. The molecule has 2 amide bonds. The van der Waals surface area contributed by atoms with Crippen LogP contribution in [0.4, 0.5) is 0 Å². The molecule has 0 fully saturated rings. The van der Waals surface area contributed by atoms with Crippen LogP contribution in [0.5, 0.6) is 11.5 Å². The highest BCUT2D eigenvalue weighted by Crippen LogP contribution is 2.16. The number of para-hydroxylation sites is 2. The van der Waals surface area contributed by atoms with Gasteiger partial charge in [0.25, 0.3) is 11.8 Å². The van der Waals surface area contributed by atoms with Gasteiger partial charge in [-0.15, -0.1) is 0 Å². The molecule has 0 radical (unpaired) electrons. The second-order valence-electron chi connectivity index (χ2n) is 5.50. The van der Waals surface area contributed by atoms with Crippen LogP contribution < -0.4 is 14.8 Å². The van der Waals surface area contributed by atoms with Gasteiger partial charge < -0.3 is 14.2 Å². The normalized spacial score (nSPS) is 9.96. The molecule has 0 aliphatic carbocycles. The van der Waals surface area contributed by atoms with Crippen LogP contribution in [0.25, 0.3) is 0 Å². The SMILES string of the molecule is COc1ccccc1C(=O)NC(=O)COC(=O)CCCOc1ccccc1. The van der Waals surface area contributed by atoms with Gasteiger partial charge in [-0.25, -0.2) is 0 Å². The van der Waals surface area contributed by atoms with Crippen LogP contribution in [0.2, 0.25) is 0 Å². The van der Waals surface area contributed by atoms with Crippen molar-refractivity contribution in [3.8, 4) is 11.5 Å². The topological polar surface area (TPSA) is 90.9 Å². The van der Waals surface area contributed by atoms with E-state index in [1.54, 1.807) is 18.2 Å². The summed E-state index contributed by atoms with van der Waals surface area (Å²) >= 11 is 0. The second kappa shape index (κ2) is 10.6. The predicted molar refractivity (Wildman–Crippen MR) is 97.6 cm³/mol. The summed E-state index contributed by atoms with van der Waals surface area (Å²) in [5, 5.41) is 2.16. The average Bonchev–Trinajstić information content (AvgIpc) is 2.70. The Hall–Kier alpha value is -3.35. The highest BCUT2D eigenvalue weighted by atomic mass is 16.5. The summed E-state index contributed by atoms with van der Waals surface area (Å²) < 4.78 is 15.4. The van der Waals surface area contributed by atoms with Crippen LogP contribution >= 0.6 is 0 Å². The first-order chi connectivity index (χ1) is 13.1. The lowest BCUT2D eigenvalue weighted by atomic mass is 10.2. The summed E-state index contributed by atoms with van der Waals surface area (Å²) in [6.07, 6.45) is 0.566. The molecule has 0 spiro atoms. The van der Waals surface area contributed by atoms with Crippen molar-refractivity contribution < 1.29 is 28.6 Å². The third-order valence-corrected chi connectivity index (χ3v) is 3.51. The van der Waals surface area contributed by atoms with Crippen LogP contribution in [0, 0.1) is 0 Å². The fraction of sp³-hybridized carbons (Fsp3) is 0.250. The maximum Gasteiger partial charge on any atom is 0.306 e. The molecule has 0 aliphatic rings. The van der Waals surface area contributed by atoms with Crippen molar-refractivity contribution in [1.29, 1.82) is 0 Å².